The van der Waals surface area contributed by atoms with Crippen molar-refractivity contribution >= 4 is 82.4 Å². The molecule has 8 N–H and O–H groups in total. The number of fused-ring (bicyclic) bond motifs is 2. The summed E-state index contributed by atoms with van der Waals surface area (Å²) >= 11 is 0. The lowest BCUT2D eigenvalue weighted by atomic mass is 10.1. The molecule has 0 aromatic heterocycles. The maximum absolute atomic E-state index is 13.2. The summed E-state index contributed by atoms with van der Waals surface area (Å²) in [7, 11) is -9.42. The molecule has 0 spiro atoms. The van der Waals surface area contributed by atoms with Crippen molar-refractivity contribution in [3.8, 4) is 11.5 Å². The van der Waals surface area contributed by atoms with Gasteiger partial charge in [0.15, 0.2) is 0 Å². The first kappa shape index (κ1) is 37.2. The highest BCUT2D eigenvalue weighted by atomic mass is 32.2. The third-order valence-electron chi connectivity index (χ3n) is 8.48. The number of hydrogen-bond acceptors (Lipinski definition) is 9. The van der Waals surface area contributed by atoms with Crippen molar-refractivity contribution < 1.29 is 50.5 Å². The average Bonchev–Trinajstić information content (AvgIpc) is 3.11. The maximum atomic E-state index is 13.2. The first-order chi connectivity index (χ1) is 25.4. The van der Waals surface area contributed by atoms with E-state index in [1.165, 1.54) is 72.8 Å². The van der Waals surface area contributed by atoms with Crippen LogP contribution in [-0.4, -0.2) is 54.0 Å². The van der Waals surface area contributed by atoms with E-state index in [1.54, 1.807) is 26.0 Å². The molecule has 276 valence electrons. The lowest BCUT2D eigenvalue weighted by molar-refractivity contribution is 0.101. The number of carbonyl (C=O) groups is 3. The van der Waals surface area contributed by atoms with Gasteiger partial charge >= 0.3 is 6.03 Å². The summed E-state index contributed by atoms with van der Waals surface area (Å²) in [6.07, 6.45) is 0. The van der Waals surface area contributed by atoms with E-state index in [0.717, 1.165) is 12.1 Å². The molecule has 6 aromatic carbocycles. The van der Waals surface area contributed by atoms with Gasteiger partial charge in [0.1, 0.15) is 21.3 Å². The standard InChI is InChI=1S/C37H30N4O11S2/c1-19-17-23(35(44)40-33-27(42)15-11-21-5-3-7-29(31(21)33)53(47,48)49)9-13-25(19)38-37(46)39-26-14-10-24(18-20(26)2)36(45)41-34-28(43)16-12-22-6-4-8-30(32(22)34)54(50,51)52/h3-18,42-43H,1-2H3,(H,40,44)(H,41,45)(H2,38,39,46)(H,47,48,49)(H,50,51,52). The summed E-state index contributed by atoms with van der Waals surface area (Å²) in [5, 5.41) is 31.9. The molecule has 4 amide bonds. The van der Waals surface area contributed by atoms with Crippen LogP contribution in [0.5, 0.6) is 11.5 Å². The molecular formula is C37H30N4O11S2. The van der Waals surface area contributed by atoms with Gasteiger partial charge in [0.25, 0.3) is 32.1 Å². The van der Waals surface area contributed by atoms with Crippen molar-refractivity contribution in [2.75, 3.05) is 21.3 Å². The fourth-order valence-electron chi connectivity index (χ4n) is 5.89. The molecular weight excluding hydrogens is 741 g/mol. The van der Waals surface area contributed by atoms with Crippen LogP contribution in [0.3, 0.4) is 0 Å². The Morgan fingerprint density at radius 2 is 0.907 bits per heavy atom. The van der Waals surface area contributed by atoms with Crippen molar-refractivity contribution in [3.05, 3.63) is 119 Å². The molecule has 0 saturated carbocycles. The largest absolute Gasteiger partial charge is 0.506 e. The normalized spacial score (nSPS) is 11.6. The summed E-state index contributed by atoms with van der Waals surface area (Å²) in [6, 6.07) is 21.6. The summed E-state index contributed by atoms with van der Waals surface area (Å²) in [6.45, 7) is 3.26. The van der Waals surface area contributed by atoms with Gasteiger partial charge in [0, 0.05) is 33.3 Å². The monoisotopic (exact) mass is 770 g/mol. The minimum absolute atomic E-state index is 0.0811. The van der Waals surface area contributed by atoms with Gasteiger partial charge in [-0.15, -0.1) is 0 Å². The number of aryl methyl sites for hydroxylation is 2. The Labute approximate surface area is 307 Å². The summed E-state index contributed by atoms with van der Waals surface area (Å²) in [5.74, 6) is -2.28. The summed E-state index contributed by atoms with van der Waals surface area (Å²) in [5.41, 5.74) is 1.37. The summed E-state index contributed by atoms with van der Waals surface area (Å²) < 4.78 is 67.6. The molecule has 0 unspecified atom stereocenters. The number of nitrogens with one attached hydrogen (secondary N) is 4. The van der Waals surface area contributed by atoms with E-state index in [2.05, 4.69) is 21.3 Å². The van der Waals surface area contributed by atoms with Gasteiger partial charge in [-0.05, 0) is 96.4 Å². The quantitative estimate of drug-likeness (QED) is 0.0600. The molecule has 0 saturated heterocycles. The Bertz CT molecular complexity index is 2600. The average molecular weight is 771 g/mol. The number of carbonyl (C=O) groups excluding carboxylic acids is 3. The minimum atomic E-state index is -4.71. The Hall–Kier alpha value is -6.53. The lowest BCUT2D eigenvalue weighted by Gasteiger charge is -2.15. The first-order valence-electron chi connectivity index (χ1n) is 15.8. The molecule has 0 aliphatic rings. The van der Waals surface area contributed by atoms with Gasteiger partial charge in [-0.3, -0.25) is 18.7 Å². The van der Waals surface area contributed by atoms with Crippen LogP contribution < -0.4 is 21.3 Å². The molecule has 0 radical (unpaired) electrons. The highest BCUT2D eigenvalue weighted by molar-refractivity contribution is 7.86. The Balaban J connectivity index is 1.15. The van der Waals surface area contributed by atoms with Crippen LogP contribution in [-0.2, 0) is 20.2 Å². The van der Waals surface area contributed by atoms with Gasteiger partial charge < -0.3 is 31.5 Å². The zero-order valence-corrected chi connectivity index (χ0v) is 29.8. The highest BCUT2D eigenvalue weighted by Gasteiger charge is 2.23. The molecule has 0 aliphatic heterocycles. The number of amides is 4. The van der Waals surface area contributed by atoms with E-state index in [9.17, 15) is 50.5 Å². The molecule has 0 bridgehead atoms. The van der Waals surface area contributed by atoms with Gasteiger partial charge in [-0.25, -0.2) is 4.79 Å². The summed E-state index contributed by atoms with van der Waals surface area (Å²) in [4.78, 5) is 38.4. The van der Waals surface area contributed by atoms with Gasteiger partial charge in [0.05, 0.1) is 11.4 Å². The van der Waals surface area contributed by atoms with Crippen LogP contribution in [0, 0.1) is 13.8 Å². The third kappa shape index (κ3) is 7.50. The molecule has 17 heteroatoms. The molecule has 0 heterocycles. The number of phenols is 2. The second-order valence-electron chi connectivity index (χ2n) is 12.1. The van der Waals surface area contributed by atoms with Crippen molar-refractivity contribution in [1.82, 2.24) is 0 Å². The molecule has 15 nitrogen and oxygen atoms in total. The van der Waals surface area contributed by atoms with Crippen molar-refractivity contribution in [2.24, 2.45) is 0 Å². The van der Waals surface area contributed by atoms with Crippen LogP contribution in [0.4, 0.5) is 27.5 Å². The highest BCUT2D eigenvalue weighted by Crippen LogP contribution is 2.38. The van der Waals surface area contributed by atoms with Crippen LogP contribution in [0.15, 0.2) is 107 Å². The van der Waals surface area contributed by atoms with E-state index >= 15 is 0 Å². The SMILES string of the molecule is Cc1cc(C(=O)Nc2c(O)ccc3cccc(S(=O)(=O)O)c23)ccc1NC(=O)Nc1ccc(C(=O)Nc2c(O)ccc3cccc(S(=O)(=O)O)c23)cc1C. The number of aromatic hydroxyl groups is 2. The molecule has 6 rings (SSSR count). The Kier molecular flexibility index (Phi) is 9.74. The third-order valence-corrected chi connectivity index (χ3v) is 10.3. The van der Waals surface area contributed by atoms with E-state index in [0.29, 0.717) is 33.3 Å². The fourth-order valence-corrected chi connectivity index (χ4v) is 7.35. The molecule has 0 aliphatic carbocycles. The number of benzene rings is 6. The number of rotatable bonds is 8. The van der Waals surface area contributed by atoms with E-state index in [4.69, 9.17) is 0 Å². The van der Waals surface area contributed by atoms with Gasteiger partial charge in [-0.2, -0.15) is 16.8 Å². The van der Waals surface area contributed by atoms with E-state index in [-0.39, 0.29) is 33.3 Å². The van der Waals surface area contributed by atoms with Crippen LogP contribution in [0.2, 0.25) is 0 Å². The van der Waals surface area contributed by atoms with Gasteiger partial charge in [0.2, 0.25) is 0 Å². The number of anilines is 4. The lowest BCUT2D eigenvalue weighted by Crippen LogP contribution is -2.21. The van der Waals surface area contributed by atoms with Gasteiger partial charge in [-0.1, -0.05) is 36.4 Å². The first-order valence-corrected chi connectivity index (χ1v) is 18.7. The second-order valence-corrected chi connectivity index (χ2v) is 14.9. The van der Waals surface area contributed by atoms with E-state index in [1.807, 2.05) is 0 Å². The van der Waals surface area contributed by atoms with Crippen molar-refractivity contribution in [3.63, 3.8) is 0 Å². The topological polar surface area (TPSA) is 249 Å². The van der Waals surface area contributed by atoms with Crippen LogP contribution >= 0.6 is 0 Å². The molecule has 54 heavy (non-hydrogen) atoms. The number of urea groups is 1. The maximum Gasteiger partial charge on any atom is 0.323 e. The fraction of sp³-hybridized carbons (Fsp3) is 0.0541. The van der Waals surface area contributed by atoms with Crippen LogP contribution in [0.1, 0.15) is 31.8 Å². The predicted molar refractivity (Wildman–Crippen MR) is 202 cm³/mol. The second kappa shape index (κ2) is 14.1. The van der Waals surface area contributed by atoms with E-state index < -0.39 is 59.4 Å². The smallest absolute Gasteiger partial charge is 0.323 e. The minimum Gasteiger partial charge on any atom is -0.506 e. The molecule has 6 aromatic rings. The Morgan fingerprint density at radius 1 is 0.519 bits per heavy atom. The van der Waals surface area contributed by atoms with Crippen molar-refractivity contribution in [2.45, 2.75) is 23.6 Å². The predicted octanol–water partition coefficient (Wildman–Crippen LogP) is 6.66. The van der Waals surface area contributed by atoms with Crippen LogP contribution in [0.25, 0.3) is 21.5 Å². The Morgan fingerprint density at radius 3 is 1.26 bits per heavy atom. The molecule has 0 atom stereocenters. The zero-order chi connectivity index (χ0) is 39.1. The molecule has 0 fully saturated rings. The zero-order valence-electron chi connectivity index (χ0n) is 28.2. The number of phenolic OH excluding ortho intramolecular Hbond substituents is 2. The number of hydrogen-bond donors (Lipinski definition) is 8. The van der Waals surface area contributed by atoms with Crippen molar-refractivity contribution in [1.29, 1.82) is 0 Å².